The van der Waals surface area contributed by atoms with Gasteiger partial charge in [0, 0.05) is 22.0 Å². The second kappa shape index (κ2) is 6.68. The van der Waals surface area contributed by atoms with Gasteiger partial charge >= 0.3 is 0 Å². The molecule has 128 valence electrons. The Morgan fingerprint density at radius 1 is 1.24 bits per heavy atom. The van der Waals surface area contributed by atoms with E-state index in [2.05, 4.69) is 88.0 Å². The van der Waals surface area contributed by atoms with Gasteiger partial charge in [0.05, 0.1) is 0 Å². The molecule has 1 aliphatic rings. The van der Waals surface area contributed by atoms with Crippen LogP contribution in [0.5, 0.6) is 5.75 Å². The van der Waals surface area contributed by atoms with E-state index in [4.69, 9.17) is 4.74 Å². The average Bonchev–Trinajstić information content (AvgIpc) is 3.17. The number of benzene rings is 2. The summed E-state index contributed by atoms with van der Waals surface area (Å²) in [6.07, 6.45) is 7.60. The summed E-state index contributed by atoms with van der Waals surface area (Å²) in [7, 11) is 0. The van der Waals surface area contributed by atoms with Crippen LogP contribution in [0, 0.1) is 13.8 Å². The van der Waals surface area contributed by atoms with E-state index in [0.717, 1.165) is 29.7 Å². The van der Waals surface area contributed by atoms with E-state index in [-0.39, 0.29) is 6.10 Å². The topological polar surface area (TPSA) is 18.0 Å². The maximum Gasteiger partial charge on any atom is 0.244 e. The zero-order valence-corrected chi connectivity index (χ0v) is 16.2. The normalized spacial score (nSPS) is 15.9. The second-order valence-corrected chi connectivity index (χ2v) is 7.73. The second-order valence-electron chi connectivity index (χ2n) is 6.88. The number of aromatic nitrogens is 2. The summed E-state index contributed by atoms with van der Waals surface area (Å²) in [5.74, 6) is 1.07. The standard InChI is InChI=1S/C21H22BrN2O/c1-15-9-16(2)19-11-18(25-21(19)10-15)13-24-8-7-23(14-24)12-17-5-3-4-6-20(17)22/h3-10,14,18H,11-13H2,1-2H3/q+1. The number of fused-ring (bicyclic) bond motifs is 1. The molecule has 4 heteroatoms. The minimum absolute atomic E-state index is 0.208. The van der Waals surface area contributed by atoms with E-state index >= 15 is 0 Å². The molecule has 25 heavy (non-hydrogen) atoms. The minimum atomic E-state index is 0.208. The third kappa shape index (κ3) is 3.49. The molecule has 0 saturated carbocycles. The molecular formula is C21H22BrN2O+. The molecule has 4 rings (SSSR count). The molecule has 0 fully saturated rings. The zero-order chi connectivity index (χ0) is 17.4. The lowest BCUT2D eigenvalue weighted by molar-refractivity contribution is -0.688. The summed E-state index contributed by atoms with van der Waals surface area (Å²) in [5, 5.41) is 0. The molecule has 1 aromatic heterocycles. The van der Waals surface area contributed by atoms with E-state index in [1.54, 1.807) is 0 Å². The highest BCUT2D eigenvalue weighted by molar-refractivity contribution is 9.10. The Morgan fingerprint density at radius 2 is 2.08 bits per heavy atom. The highest BCUT2D eigenvalue weighted by Crippen LogP contribution is 2.33. The van der Waals surface area contributed by atoms with Crippen molar-refractivity contribution in [3.63, 3.8) is 0 Å². The van der Waals surface area contributed by atoms with Crippen molar-refractivity contribution >= 4 is 15.9 Å². The number of imidazole rings is 1. The Hall–Kier alpha value is -2.07. The molecule has 3 nitrogen and oxygen atoms in total. The summed E-state index contributed by atoms with van der Waals surface area (Å²) in [5.41, 5.74) is 5.25. The van der Waals surface area contributed by atoms with Gasteiger partial charge in [0.2, 0.25) is 6.33 Å². The first-order chi connectivity index (χ1) is 12.1. The number of hydrogen-bond acceptors (Lipinski definition) is 1. The van der Waals surface area contributed by atoms with E-state index in [1.165, 1.54) is 22.3 Å². The van der Waals surface area contributed by atoms with Crippen LogP contribution in [0.3, 0.4) is 0 Å². The van der Waals surface area contributed by atoms with E-state index in [1.807, 2.05) is 6.07 Å². The van der Waals surface area contributed by atoms with Crippen molar-refractivity contribution in [1.29, 1.82) is 0 Å². The average molecular weight is 398 g/mol. The quantitative estimate of drug-likeness (QED) is 0.603. The first-order valence-corrected chi connectivity index (χ1v) is 9.43. The smallest absolute Gasteiger partial charge is 0.244 e. The summed E-state index contributed by atoms with van der Waals surface area (Å²) >= 11 is 3.62. The molecule has 2 heterocycles. The number of halogens is 1. The molecule has 1 aliphatic heterocycles. The fourth-order valence-electron chi connectivity index (χ4n) is 3.57. The predicted molar refractivity (Wildman–Crippen MR) is 102 cm³/mol. The Kier molecular flexibility index (Phi) is 4.38. The van der Waals surface area contributed by atoms with Crippen LogP contribution in [0.4, 0.5) is 0 Å². The van der Waals surface area contributed by atoms with Crippen LogP contribution in [0.2, 0.25) is 0 Å². The number of aryl methyl sites for hydroxylation is 2. The third-order valence-electron chi connectivity index (χ3n) is 4.77. The SMILES string of the molecule is Cc1cc(C)c2c(c1)OC(Cn1cc[n+](Cc3ccccc3Br)c1)C2. The number of hydrogen-bond donors (Lipinski definition) is 0. The Bertz CT molecular complexity index is 916. The van der Waals surface area contributed by atoms with Crippen molar-refractivity contribution in [2.24, 2.45) is 0 Å². The Balaban J connectivity index is 1.44. The molecule has 3 aromatic rings. The van der Waals surface area contributed by atoms with Crippen LogP contribution in [0.1, 0.15) is 22.3 Å². The number of nitrogens with zero attached hydrogens (tertiary/aromatic N) is 2. The molecule has 1 atom stereocenters. The summed E-state index contributed by atoms with van der Waals surface area (Å²) < 4.78 is 11.8. The van der Waals surface area contributed by atoms with E-state index in [0.29, 0.717) is 0 Å². The lowest BCUT2D eigenvalue weighted by atomic mass is 10.0. The molecule has 0 spiro atoms. The maximum absolute atomic E-state index is 6.18. The van der Waals surface area contributed by atoms with Crippen molar-refractivity contribution in [3.05, 3.63) is 81.8 Å². The van der Waals surface area contributed by atoms with Gasteiger partial charge in [-0.1, -0.05) is 40.2 Å². The van der Waals surface area contributed by atoms with Gasteiger partial charge in [-0.2, -0.15) is 0 Å². The monoisotopic (exact) mass is 397 g/mol. The largest absolute Gasteiger partial charge is 0.486 e. The van der Waals surface area contributed by atoms with E-state index in [9.17, 15) is 0 Å². The molecular weight excluding hydrogens is 376 g/mol. The molecule has 0 aliphatic carbocycles. The lowest BCUT2D eigenvalue weighted by Crippen LogP contribution is -2.32. The third-order valence-corrected chi connectivity index (χ3v) is 5.55. The van der Waals surface area contributed by atoms with Crippen LogP contribution >= 0.6 is 15.9 Å². The molecule has 0 bridgehead atoms. The summed E-state index contributed by atoms with van der Waals surface area (Å²) in [6, 6.07) is 12.8. The number of ether oxygens (including phenoxy) is 1. The first-order valence-electron chi connectivity index (χ1n) is 8.63. The van der Waals surface area contributed by atoms with Crippen LogP contribution < -0.4 is 9.30 Å². The van der Waals surface area contributed by atoms with Gasteiger partial charge in [-0.25, -0.2) is 9.13 Å². The molecule has 0 amide bonds. The van der Waals surface area contributed by atoms with Gasteiger partial charge in [-0.15, -0.1) is 0 Å². The van der Waals surface area contributed by atoms with Gasteiger partial charge in [0.15, 0.2) is 0 Å². The van der Waals surface area contributed by atoms with Crippen molar-refractivity contribution in [2.75, 3.05) is 0 Å². The molecule has 0 N–H and O–H groups in total. The molecule has 1 unspecified atom stereocenters. The van der Waals surface area contributed by atoms with Crippen molar-refractivity contribution < 1.29 is 9.30 Å². The van der Waals surface area contributed by atoms with Crippen molar-refractivity contribution in [3.8, 4) is 5.75 Å². The molecule has 2 aromatic carbocycles. The van der Waals surface area contributed by atoms with Crippen LogP contribution in [0.25, 0.3) is 0 Å². The molecule has 0 saturated heterocycles. The Morgan fingerprint density at radius 3 is 2.92 bits per heavy atom. The van der Waals surface area contributed by atoms with Gasteiger partial charge in [0.25, 0.3) is 0 Å². The predicted octanol–water partition coefficient (Wildman–Crippen LogP) is 4.21. The van der Waals surface area contributed by atoms with Gasteiger partial charge in [0.1, 0.15) is 37.3 Å². The highest BCUT2D eigenvalue weighted by atomic mass is 79.9. The summed E-state index contributed by atoms with van der Waals surface area (Å²) in [4.78, 5) is 0. The highest BCUT2D eigenvalue weighted by Gasteiger charge is 2.26. The van der Waals surface area contributed by atoms with Crippen LogP contribution in [-0.2, 0) is 19.5 Å². The Labute approximate surface area is 157 Å². The zero-order valence-electron chi connectivity index (χ0n) is 14.6. The maximum atomic E-state index is 6.18. The van der Waals surface area contributed by atoms with Crippen LogP contribution in [-0.4, -0.2) is 10.7 Å². The van der Waals surface area contributed by atoms with Gasteiger partial charge in [-0.3, -0.25) is 0 Å². The fraction of sp³-hybridized carbons (Fsp3) is 0.286. The van der Waals surface area contributed by atoms with Crippen molar-refractivity contribution in [2.45, 2.75) is 39.5 Å². The van der Waals surface area contributed by atoms with Crippen LogP contribution in [0.15, 0.2) is 59.6 Å². The van der Waals surface area contributed by atoms with Crippen molar-refractivity contribution in [1.82, 2.24) is 4.57 Å². The number of rotatable bonds is 4. The van der Waals surface area contributed by atoms with Gasteiger partial charge < -0.3 is 4.74 Å². The first kappa shape index (κ1) is 16.4. The minimum Gasteiger partial charge on any atom is -0.486 e. The molecule has 0 radical (unpaired) electrons. The fourth-order valence-corrected chi connectivity index (χ4v) is 3.98. The lowest BCUT2D eigenvalue weighted by Gasteiger charge is -2.08. The van der Waals surface area contributed by atoms with Gasteiger partial charge in [-0.05, 0) is 37.1 Å². The summed E-state index contributed by atoms with van der Waals surface area (Å²) in [6.45, 7) is 6.04. The van der Waals surface area contributed by atoms with E-state index < -0.39 is 0 Å².